The number of carbonyl (C=O) groups excluding carboxylic acids is 2. The van der Waals surface area contributed by atoms with Crippen LogP contribution in [-0.2, 0) is 4.79 Å². The van der Waals surface area contributed by atoms with E-state index in [2.05, 4.69) is 5.32 Å². The number of nitro benzene ring substituents is 1. The summed E-state index contributed by atoms with van der Waals surface area (Å²) < 4.78 is 5.30. The van der Waals surface area contributed by atoms with Crippen molar-refractivity contribution in [1.82, 2.24) is 5.32 Å². The zero-order chi connectivity index (χ0) is 17.5. The molecule has 0 bridgehead atoms. The average Bonchev–Trinajstić information content (AvgIpc) is 2.60. The Morgan fingerprint density at radius 1 is 1.29 bits per heavy atom. The van der Waals surface area contributed by atoms with Gasteiger partial charge in [0.1, 0.15) is 5.75 Å². The van der Waals surface area contributed by atoms with Gasteiger partial charge in [-0.25, -0.2) is 0 Å². The van der Waals surface area contributed by atoms with Crippen LogP contribution in [0.5, 0.6) is 5.75 Å². The molecule has 2 aromatic rings. The van der Waals surface area contributed by atoms with Crippen LogP contribution in [-0.4, -0.2) is 23.7 Å². The van der Waals surface area contributed by atoms with Crippen LogP contribution in [0.2, 0.25) is 0 Å². The van der Waals surface area contributed by atoms with Gasteiger partial charge in [-0.15, -0.1) is 0 Å². The Labute approximate surface area is 138 Å². The van der Waals surface area contributed by atoms with Crippen molar-refractivity contribution in [2.24, 2.45) is 0 Å². The second kappa shape index (κ2) is 7.87. The summed E-state index contributed by atoms with van der Waals surface area (Å²) in [6, 6.07) is 12.9. The van der Waals surface area contributed by atoms with Crippen molar-refractivity contribution in [2.75, 3.05) is 6.61 Å². The lowest BCUT2D eigenvalue weighted by Gasteiger charge is -2.15. The molecule has 24 heavy (non-hydrogen) atoms. The van der Waals surface area contributed by atoms with E-state index < -0.39 is 4.92 Å². The summed E-state index contributed by atoms with van der Waals surface area (Å²) >= 11 is 0. The summed E-state index contributed by atoms with van der Waals surface area (Å²) in [6.07, 6.45) is 0.451. The largest absolute Gasteiger partial charge is 0.483 e. The Morgan fingerprint density at radius 3 is 2.62 bits per heavy atom. The van der Waals surface area contributed by atoms with Crippen LogP contribution >= 0.6 is 0 Å². The highest BCUT2D eigenvalue weighted by Crippen LogP contribution is 2.22. The summed E-state index contributed by atoms with van der Waals surface area (Å²) in [5.41, 5.74) is 0.759. The maximum Gasteiger partial charge on any atom is 0.270 e. The number of nitrogens with zero attached hydrogens (tertiary/aromatic N) is 1. The van der Waals surface area contributed by atoms with E-state index in [1.165, 1.54) is 12.1 Å². The smallest absolute Gasteiger partial charge is 0.270 e. The number of rotatable bonds is 7. The molecular weight excluding hydrogens is 312 g/mol. The van der Waals surface area contributed by atoms with E-state index in [9.17, 15) is 19.7 Å². The van der Waals surface area contributed by atoms with Gasteiger partial charge >= 0.3 is 0 Å². The number of hydrogen-bond donors (Lipinski definition) is 1. The summed E-state index contributed by atoms with van der Waals surface area (Å²) in [5, 5.41) is 13.5. The first-order valence-corrected chi connectivity index (χ1v) is 7.22. The predicted molar refractivity (Wildman–Crippen MR) is 87.0 cm³/mol. The van der Waals surface area contributed by atoms with Crippen molar-refractivity contribution in [2.45, 2.75) is 13.0 Å². The van der Waals surface area contributed by atoms with Crippen molar-refractivity contribution < 1.29 is 19.2 Å². The third-order valence-corrected chi connectivity index (χ3v) is 3.37. The second-order valence-corrected chi connectivity index (χ2v) is 5.09. The number of carbonyl (C=O) groups is 2. The van der Waals surface area contributed by atoms with E-state index >= 15 is 0 Å². The molecule has 0 aromatic heterocycles. The molecule has 0 aliphatic rings. The quantitative estimate of drug-likeness (QED) is 0.478. The van der Waals surface area contributed by atoms with Gasteiger partial charge in [0, 0.05) is 12.1 Å². The van der Waals surface area contributed by atoms with Gasteiger partial charge in [-0.2, -0.15) is 0 Å². The number of ether oxygens (including phenoxy) is 1. The maximum atomic E-state index is 11.9. The van der Waals surface area contributed by atoms with Crippen molar-refractivity contribution >= 4 is 17.9 Å². The fourth-order valence-corrected chi connectivity index (χ4v) is 2.12. The third kappa shape index (κ3) is 4.39. The SMILES string of the molecule is CC(NC(=O)COc1ccc([N+](=O)[O-])cc1C=O)c1ccccc1. The molecule has 2 rings (SSSR count). The van der Waals surface area contributed by atoms with Crippen LogP contribution in [0.1, 0.15) is 28.9 Å². The fourth-order valence-electron chi connectivity index (χ4n) is 2.12. The Bertz CT molecular complexity index is 746. The van der Waals surface area contributed by atoms with Gasteiger partial charge in [-0.1, -0.05) is 30.3 Å². The molecule has 0 heterocycles. The molecule has 7 heteroatoms. The molecular formula is C17H16N2O5. The van der Waals surface area contributed by atoms with Crippen LogP contribution in [0.15, 0.2) is 48.5 Å². The van der Waals surface area contributed by atoms with Crippen LogP contribution in [0, 0.1) is 10.1 Å². The first kappa shape index (κ1) is 17.1. The van der Waals surface area contributed by atoms with E-state index in [1.807, 2.05) is 37.3 Å². The van der Waals surface area contributed by atoms with Gasteiger partial charge in [0.05, 0.1) is 16.5 Å². The Morgan fingerprint density at radius 2 is 2.00 bits per heavy atom. The number of nitrogens with one attached hydrogen (secondary N) is 1. The molecule has 2 aromatic carbocycles. The molecule has 0 radical (unpaired) electrons. The maximum absolute atomic E-state index is 11.9. The summed E-state index contributed by atoms with van der Waals surface area (Å²) in [6.45, 7) is 1.55. The molecule has 7 nitrogen and oxygen atoms in total. The number of amides is 1. The molecule has 0 spiro atoms. The first-order chi connectivity index (χ1) is 11.5. The summed E-state index contributed by atoms with van der Waals surface area (Å²) in [7, 11) is 0. The summed E-state index contributed by atoms with van der Waals surface area (Å²) in [5.74, 6) is -0.236. The monoisotopic (exact) mass is 328 g/mol. The standard InChI is InChI=1S/C17H16N2O5/c1-12(13-5-3-2-4-6-13)18-17(21)11-24-16-8-7-15(19(22)23)9-14(16)10-20/h2-10,12H,11H2,1H3,(H,18,21). The number of hydrogen-bond acceptors (Lipinski definition) is 5. The molecule has 0 fully saturated rings. The van der Waals surface area contributed by atoms with Gasteiger partial charge in [0.25, 0.3) is 11.6 Å². The van der Waals surface area contributed by atoms with E-state index in [0.29, 0.717) is 6.29 Å². The van der Waals surface area contributed by atoms with Crippen LogP contribution in [0.4, 0.5) is 5.69 Å². The lowest BCUT2D eigenvalue weighted by atomic mass is 10.1. The zero-order valence-electron chi connectivity index (χ0n) is 13.0. The highest BCUT2D eigenvalue weighted by atomic mass is 16.6. The van der Waals surface area contributed by atoms with Crippen molar-refractivity contribution in [3.63, 3.8) is 0 Å². The number of nitro groups is 1. The molecule has 1 amide bonds. The zero-order valence-corrected chi connectivity index (χ0v) is 13.0. The Kier molecular flexibility index (Phi) is 5.62. The molecule has 0 saturated heterocycles. The normalized spacial score (nSPS) is 11.4. The Balaban J connectivity index is 1.96. The molecule has 0 aliphatic heterocycles. The summed E-state index contributed by atoms with van der Waals surface area (Å²) in [4.78, 5) is 33.0. The number of benzene rings is 2. The first-order valence-electron chi connectivity index (χ1n) is 7.22. The van der Waals surface area contributed by atoms with E-state index in [0.717, 1.165) is 11.6 Å². The topological polar surface area (TPSA) is 98.5 Å². The molecule has 1 unspecified atom stereocenters. The average molecular weight is 328 g/mol. The second-order valence-electron chi connectivity index (χ2n) is 5.09. The highest BCUT2D eigenvalue weighted by Gasteiger charge is 2.14. The van der Waals surface area contributed by atoms with Gasteiger partial charge in [0.2, 0.25) is 0 Å². The van der Waals surface area contributed by atoms with Gasteiger partial charge < -0.3 is 10.1 Å². The molecule has 0 aliphatic carbocycles. The Hall–Kier alpha value is -3.22. The molecule has 0 saturated carbocycles. The molecule has 1 atom stereocenters. The third-order valence-electron chi connectivity index (χ3n) is 3.37. The van der Waals surface area contributed by atoms with Crippen LogP contribution in [0.25, 0.3) is 0 Å². The lowest BCUT2D eigenvalue weighted by molar-refractivity contribution is -0.384. The van der Waals surface area contributed by atoms with Gasteiger partial charge in [-0.05, 0) is 18.6 Å². The minimum absolute atomic E-state index is 0.0214. The highest BCUT2D eigenvalue weighted by molar-refractivity contribution is 5.82. The fraction of sp³-hybridized carbons (Fsp3) is 0.176. The van der Waals surface area contributed by atoms with Gasteiger partial charge in [-0.3, -0.25) is 19.7 Å². The van der Waals surface area contributed by atoms with Crippen molar-refractivity contribution in [3.05, 3.63) is 69.8 Å². The molecule has 1 N–H and O–H groups in total. The number of aldehydes is 1. The van der Waals surface area contributed by atoms with Crippen molar-refractivity contribution in [3.8, 4) is 5.75 Å². The van der Waals surface area contributed by atoms with E-state index in [1.54, 1.807) is 0 Å². The molecule has 124 valence electrons. The minimum atomic E-state index is -0.606. The number of non-ortho nitro benzene ring substituents is 1. The van der Waals surface area contributed by atoms with E-state index in [-0.39, 0.29) is 35.6 Å². The van der Waals surface area contributed by atoms with Crippen molar-refractivity contribution in [1.29, 1.82) is 0 Å². The lowest BCUT2D eigenvalue weighted by Crippen LogP contribution is -2.31. The van der Waals surface area contributed by atoms with E-state index in [4.69, 9.17) is 4.74 Å². The minimum Gasteiger partial charge on any atom is -0.483 e. The predicted octanol–water partition coefficient (Wildman–Crippen LogP) is 2.66. The van der Waals surface area contributed by atoms with Crippen LogP contribution in [0.3, 0.4) is 0 Å². The van der Waals surface area contributed by atoms with Crippen LogP contribution < -0.4 is 10.1 Å². The van der Waals surface area contributed by atoms with Gasteiger partial charge in [0.15, 0.2) is 12.9 Å².